The van der Waals surface area contributed by atoms with Crippen molar-refractivity contribution in [1.29, 1.82) is 0 Å². The number of carboxylic acids is 1. The van der Waals surface area contributed by atoms with E-state index in [9.17, 15) is 9.59 Å². The molecule has 0 aliphatic rings. The SMILES string of the molecule is CC(C)C(=O)c1ccccc1-c1ccc(C(=O)O)cc1. The fraction of sp³-hybridized carbons (Fsp3) is 0.176. The van der Waals surface area contributed by atoms with Crippen LogP contribution in [0.4, 0.5) is 0 Å². The molecule has 0 aliphatic carbocycles. The van der Waals surface area contributed by atoms with Gasteiger partial charge in [-0.25, -0.2) is 4.79 Å². The number of aromatic carboxylic acids is 1. The highest BCUT2D eigenvalue weighted by Crippen LogP contribution is 2.26. The van der Waals surface area contributed by atoms with Gasteiger partial charge in [-0.3, -0.25) is 4.79 Å². The zero-order valence-electron chi connectivity index (χ0n) is 11.5. The van der Waals surface area contributed by atoms with Crippen LogP contribution in [0, 0.1) is 5.92 Å². The van der Waals surface area contributed by atoms with Gasteiger partial charge in [0.25, 0.3) is 0 Å². The Balaban J connectivity index is 2.47. The summed E-state index contributed by atoms with van der Waals surface area (Å²) in [5, 5.41) is 8.91. The van der Waals surface area contributed by atoms with Gasteiger partial charge in [0.1, 0.15) is 0 Å². The molecule has 0 bridgehead atoms. The van der Waals surface area contributed by atoms with Gasteiger partial charge < -0.3 is 5.11 Å². The van der Waals surface area contributed by atoms with Crippen LogP contribution in [0.3, 0.4) is 0 Å². The van der Waals surface area contributed by atoms with Crippen molar-refractivity contribution in [2.45, 2.75) is 13.8 Å². The van der Waals surface area contributed by atoms with Gasteiger partial charge >= 0.3 is 5.97 Å². The number of hydrogen-bond donors (Lipinski definition) is 1. The van der Waals surface area contributed by atoms with Crippen LogP contribution in [-0.2, 0) is 0 Å². The average Bonchev–Trinajstić information content (AvgIpc) is 2.46. The third-order valence-corrected chi connectivity index (χ3v) is 3.16. The summed E-state index contributed by atoms with van der Waals surface area (Å²) in [5.41, 5.74) is 2.59. The second-order valence-corrected chi connectivity index (χ2v) is 4.95. The highest BCUT2D eigenvalue weighted by atomic mass is 16.4. The minimum Gasteiger partial charge on any atom is -0.478 e. The first kappa shape index (κ1) is 14.0. The first-order chi connectivity index (χ1) is 9.50. The second kappa shape index (κ2) is 5.70. The molecule has 0 unspecified atom stereocenters. The van der Waals surface area contributed by atoms with Gasteiger partial charge in [-0.1, -0.05) is 50.2 Å². The summed E-state index contributed by atoms with van der Waals surface area (Å²) >= 11 is 0. The smallest absolute Gasteiger partial charge is 0.335 e. The van der Waals surface area contributed by atoms with Gasteiger partial charge in [0, 0.05) is 11.5 Å². The van der Waals surface area contributed by atoms with Crippen molar-refractivity contribution in [3.05, 3.63) is 59.7 Å². The van der Waals surface area contributed by atoms with Gasteiger partial charge in [0.15, 0.2) is 5.78 Å². The van der Waals surface area contributed by atoms with Gasteiger partial charge in [-0.05, 0) is 23.3 Å². The van der Waals surface area contributed by atoms with Gasteiger partial charge in [-0.15, -0.1) is 0 Å². The van der Waals surface area contributed by atoms with Crippen molar-refractivity contribution in [2.75, 3.05) is 0 Å². The Morgan fingerprint density at radius 2 is 1.55 bits per heavy atom. The Morgan fingerprint density at radius 3 is 2.10 bits per heavy atom. The molecule has 0 amide bonds. The number of carbonyl (C=O) groups is 2. The molecule has 20 heavy (non-hydrogen) atoms. The van der Waals surface area contributed by atoms with Gasteiger partial charge in [0.2, 0.25) is 0 Å². The third-order valence-electron chi connectivity index (χ3n) is 3.16. The molecule has 0 saturated carbocycles. The number of rotatable bonds is 4. The molecule has 0 radical (unpaired) electrons. The van der Waals surface area contributed by atoms with Gasteiger partial charge in [-0.2, -0.15) is 0 Å². The topological polar surface area (TPSA) is 54.4 Å². The van der Waals surface area contributed by atoms with Crippen LogP contribution in [0.25, 0.3) is 11.1 Å². The molecule has 0 aromatic heterocycles. The molecule has 0 heterocycles. The molecule has 0 spiro atoms. The first-order valence-corrected chi connectivity index (χ1v) is 6.47. The van der Waals surface area contributed by atoms with Crippen LogP contribution < -0.4 is 0 Å². The summed E-state index contributed by atoms with van der Waals surface area (Å²) in [5.74, 6) is -0.944. The highest BCUT2D eigenvalue weighted by Gasteiger charge is 2.15. The van der Waals surface area contributed by atoms with Crippen LogP contribution in [0.1, 0.15) is 34.6 Å². The van der Waals surface area contributed by atoms with E-state index >= 15 is 0 Å². The molecular formula is C17H16O3. The molecule has 0 saturated heterocycles. The minimum absolute atomic E-state index is 0.0746. The zero-order chi connectivity index (χ0) is 14.7. The molecule has 0 fully saturated rings. The van der Waals surface area contributed by atoms with Crippen molar-refractivity contribution in [1.82, 2.24) is 0 Å². The van der Waals surface area contributed by atoms with E-state index in [1.54, 1.807) is 24.3 Å². The van der Waals surface area contributed by atoms with Crippen molar-refractivity contribution in [3.8, 4) is 11.1 Å². The predicted octanol–water partition coefficient (Wildman–Crippen LogP) is 3.89. The lowest BCUT2D eigenvalue weighted by atomic mass is 9.92. The standard InChI is InChI=1S/C17H16O3/c1-11(2)16(18)15-6-4-3-5-14(15)12-7-9-13(10-8-12)17(19)20/h3-11H,1-2H3,(H,19,20). The number of carboxylic acid groups (broad SMARTS) is 1. The highest BCUT2D eigenvalue weighted by molar-refractivity contribution is 6.03. The number of ketones is 1. The van der Waals surface area contributed by atoms with Crippen molar-refractivity contribution in [3.63, 3.8) is 0 Å². The molecule has 0 atom stereocenters. The third kappa shape index (κ3) is 2.77. The first-order valence-electron chi connectivity index (χ1n) is 6.47. The van der Waals surface area contributed by atoms with E-state index in [1.165, 1.54) is 0 Å². The molecule has 3 heteroatoms. The summed E-state index contributed by atoms with van der Waals surface area (Å²) in [4.78, 5) is 23.1. The summed E-state index contributed by atoms with van der Waals surface area (Å²) in [6, 6.07) is 14.0. The fourth-order valence-electron chi connectivity index (χ4n) is 2.05. The fourth-order valence-corrected chi connectivity index (χ4v) is 2.05. The molecule has 2 rings (SSSR count). The molecule has 2 aromatic carbocycles. The van der Waals surface area contributed by atoms with Crippen LogP contribution in [0.15, 0.2) is 48.5 Å². The van der Waals surface area contributed by atoms with E-state index < -0.39 is 5.97 Å². The number of hydrogen-bond acceptors (Lipinski definition) is 2. The maximum atomic E-state index is 12.2. The summed E-state index contributed by atoms with van der Waals surface area (Å²) < 4.78 is 0. The Kier molecular flexibility index (Phi) is 3.99. The van der Waals surface area contributed by atoms with E-state index in [2.05, 4.69) is 0 Å². The van der Waals surface area contributed by atoms with E-state index in [-0.39, 0.29) is 17.3 Å². The lowest BCUT2D eigenvalue weighted by Crippen LogP contribution is -2.08. The molecular weight excluding hydrogens is 252 g/mol. The van der Waals surface area contributed by atoms with Crippen molar-refractivity contribution < 1.29 is 14.7 Å². The van der Waals surface area contributed by atoms with Crippen molar-refractivity contribution in [2.24, 2.45) is 5.92 Å². The quantitative estimate of drug-likeness (QED) is 0.856. The summed E-state index contributed by atoms with van der Waals surface area (Å²) in [6.07, 6.45) is 0. The van der Waals surface area contributed by atoms with Crippen LogP contribution in [-0.4, -0.2) is 16.9 Å². The van der Waals surface area contributed by atoms with Crippen molar-refractivity contribution >= 4 is 11.8 Å². The van der Waals surface area contributed by atoms with E-state index in [0.29, 0.717) is 5.56 Å². The second-order valence-electron chi connectivity index (χ2n) is 4.95. The summed E-state index contributed by atoms with van der Waals surface area (Å²) in [7, 11) is 0. The number of carbonyl (C=O) groups excluding carboxylic acids is 1. The molecule has 1 N–H and O–H groups in total. The normalized spacial score (nSPS) is 10.6. The predicted molar refractivity (Wildman–Crippen MR) is 78.0 cm³/mol. The van der Waals surface area contributed by atoms with E-state index in [0.717, 1.165) is 11.1 Å². The lowest BCUT2D eigenvalue weighted by Gasteiger charge is -2.11. The Labute approximate surface area is 117 Å². The van der Waals surface area contributed by atoms with Crippen LogP contribution in [0.2, 0.25) is 0 Å². The maximum Gasteiger partial charge on any atom is 0.335 e. The molecule has 2 aromatic rings. The Morgan fingerprint density at radius 1 is 0.950 bits per heavy atom. The Bertz CT molecular complexity index is 640. The molecule has 0 aliphatic heterocycles. The maximum absolute atomic E-state index is 12.2. The average molecular weight is 268 g/mol. The van der Waals surface area contributed by atoms with Gasteiger partial charge in [0.05, 0.1) is 5.56 Å². The van der Waals surface area contributed by atoms with Crippen LogP contribution in [0.5, 0.6) is 0 Å². The number of benzene rings is 2. The number of Topliss-reactive ketones (excluding diaryl/α,β-unsaturated/α-hetero) is 1. The van der Waals surface area contributed by atoms with E-state index in [1.807, 2.05) is 38.1 Å². The molecule has 102 valence electrons. The molecule has 3 nitrogen and oxygen atoms in total. The van der Waals surface area contributed by atoms with Crippen LogP contribution >= 0.6 is 0 Å². The Hall–Kier alpha value is -2.42. The minimum atomic E-state index is -0.955. The monoisotopic (exact) mass is 268 g/mol. The lowest BCUT2D eigenvalue weighted by molar-refractivity contribution is 0.0696. The largest absolute Gasteiger partial charge is 0.478 e. The summed E-state index contributed by atoms with van der Waals surface area (Å²) in [6.45, 7) is 3.74. The van der Waals surface area contributed by atoms with E-state index in [4.69, 9.17) is 5.11 Å². The zero-order valence-corrected chi connectivity index (χ0v) is 11.5.